The topological polar surface area (TPSA) is 122 Å². The molecule has 0 atom stereocenters. The van der Waals surface area contributed by atoms with Crippen LogP contribution in [0.2, 0.25) is 0 Å². The Balaban J connectivity index is 3.28. The molecule has 0 bridgehead atoms. The van der Waals surface area contributed by atoms with E-state index < -0.39 is 34.9 Å². The van der Waals surface area contributed by atoms with Gasteiger partial charge in [-0.3, -0.25) is 5.32 Å². The van der Waals surface area contributed by atoms with Crippen molar-refractivity contribution in [1.82, 2.24) is 0 Å². The van der Waals surface area contributed by atoms with Gasteiger partial charge in [0.05, 0.1) is 23.4 Å². The average molecular weight is 325 g/mol. The highest BCUT2D eigenvalue weighted by Crippen LogP contribution is 2.27. The lowest BCUT2D eigenvalue weighted by atomic mass is 10.0. The van der Waals surface area contributed by atoms with E-state index in [1.165, 1.54) is 0 Å². The number of hydrogen-bond acceptors (Lipinski definition) is 6. The van der Waals surface area contributed by atoms with E-state index >= 15 is 0 Å². The second-order valence-corrected chi connectivity index (χ2v) is 5.57. The third kappa shape index (κ3) is 5.17. The first-order valence-electron chi connectivity index (χ1n) is 6.82. The van der Waals surface area contributed by atoms with Crippen molar-refractivity contribution in [1.29, 1.82) is 0 Å². The molecule has 0 aliphatic heterocycles. The van der Waals surface area contributed by atoms with Crippen molar-refractivity contribution >= 4 is 23.7 Å². The van der Waals surface area contributed by atoms with Gasteiger partial charge in [-0.25, -0.2) is 14.4 Å². The summed E-state index contributed by atoms with van der Waals surface area (Å²) in [7, 11) is 0. The largest absolute Gasteiger partial charge is 0.508 e. The first kappa shape index (κ1) is 18.3. The fraction of sp³-hybridized carbons (Fsp3) is 0.400. The van der Waals surface area contributed by atoms with E-state index in [1.807, 2.05) is 0 Å². The highest BCUT2D eigenvalue weighted by atomic mass is 16.6. The summed E-state index contributed by atoms with van der Waals surface area (Å²) in [4.78, 5) is 35.1. The number of carbonyl (C=O) groups is 3. The molecule has 0 aliphatic rings. The molecule has 0 radical (unpaired) electrons. The lowest BCUT2D eigenvalue weighted by Crippen LogP contribution is -2.28. The summed E-state index contributed by atoms with van der Waals surface area (Å²) in [6.07, 6.45) is -0.916. The number of phenols is 1. The zero-order chi connectivity index (χ0) is 17.8. The van der Waals surface area contributed by atoms with E-state index in [-0.39, 0.29) is 17.9 Å². The van der Waals surface area contributed by atoms with Crippen LogP contribution in [0.25, 0.3) is 0 Å². The molecule has 0 aromatic heterocycles. The number of benzene rings is 1. The van der Waals surface area contributed by atoms with Crippen LogP contribution in [0.3, 0.4) is 0 Å². The van der Waals surface area contributed by atoms with Crippen LogP contribution >= 0.6 is 0 Å². The molecule has 1 aromatic rings. The number of phenolic OH excluding ortho intramolecular Hbond substituents is 1. The van der Waals surface area contributed by atoms with Crippen LogP contribution in [0.1, 0.15) is 48.4 Å². The Kier molecular flexibility index (Phi) is 5.56. The molecule has 0 saturated heterocycles. The maximum absolute atomic E-state index is 11.8. The van der Waals surface area contributed by atoms with Crippen LogP contribution in [0.5, 0.6) is 5.75 Å². The molecule has 0 saturated carbocycles. The van der Waals surface area contributed by atoms with Gasteiger partial charge in [0.25, 0.3) is 0 Å². The Morgan fingerprint density at radius 1 is 1.22 bits per heavy atom. The number of hydrogen-bond donors (Lipinski definition) is 3. The summed E-state index contributed by atoms with van der Waals surface area (Å²) in [5, 5.41) is 21.2. The predicted octanol–water partition coefficient (Wildman–Crippen LogP) is 2.61. The number of carboxylic acid groups (broad SMARTS) is 1. The number of nitrogens with one attached hydrogen (secondary N) is 1. The molecule has 8 nitrogen and oxygen atoms in total. The zero-order valence-corrected chi connectivity index (χ0v) is 13.3. The lowest BCUT2D eigenvalue weighted by molar-refractivity contribution is 0.0513. The molecule has 126 valence electrons. The Labute approximate surface area is 133 Å². The maximum Gasteiger partial charge on any atom is 0.412 e. The standard InChI is InChI=1S/C15H19NO7/c1-5-22-13(20)9-6-8(17)7-10(11(9)12(18)19)16-14(21)23-15(2,3)4/h6-7,17H,5H2,1-4H3,(H,16,21)(H,18,19). The van der Waals surface area contributed by atoms with Gasteiger partial charge in [-0.2, -0.15) is 0 Å². The monoisotopic (exact) mass is 325 g/mol. The summed E-state index contributed by atoms with van der Waals surface area (Å²) < 4.78 is 9.78. The van der Waals surface area contributed by atoms with Gasteiger partial charge in [0, 0.05) is 6.07 Å². The molecule has 0 unspecified atom stereocenters. The minimum absolute atomic E-state index is 0.0301. The Bertz CT molecular complexity index is 631. The quantitative estimate of drug-likeness (QED) is 0.727. The van der Waals surface area contributed by atoms with E-state index in [4.69, 9.17) is 9.47 Å². The van der Waals surface area contributed by atoms with Crippen LogP contribution in [-0.2, 0) is 9.47 Å². The minimum atomic E-state index is -1.46. The fourth-order valence-corrected chi connectivity index (χ4v) is 1.74. The van der Waals surface area contributed by atoms with Gasteiger partial charge in [0.1, 0.15) is 11.4 Å². The van der Waals surface area contributed by atoms with Gasteiger partial charge in [-0.05, 0) is 33.8 Å². The van der Waals surface area contributed by atoms with E-state index in [1.54, 1.807) is 27.7 Å². The zero-order valence-electron chi connectivity index (χ0n) is 13.3. The molecule has 0 aliphatic carbocycles. The highest BCUT2D eigenvalue weighted by Gasteiger charge is 2.25. The molecule has 0 heterocycles. The molecule has 1 aromatic carbocycles. The van der Waals surface area contributed by atoms with Crippen molar-refractivity contribution < 1.29 is 34.1 Å². The fourth-order valence-electron chi connectivity index (χ4n) is 1.74. The number of anilines is 1. The molecule has 8 heteroatoms. The normalized spacial score (nSPS) is 10.8. The smallest absolute Gasteiger partial charge is 0.412 e. The average Bonchev–Trinajstić information content (AvgIpc) is 2.35. The summed E-state index contributed by atoms with van der Waals surface area (Å²) in [6, 6.07) is 1.97. The van der Waals surface area contributed by atoms with Crippen molar-refractivity contribution in [3.63, 3.8) is 0 Å². The summed E-state index contributed by atoms with van der Waals surface area (Å²) >= 11 is 0. The molecule has 1 rings (SSSR count). The van der Waals surface area contributed by atoms with Crippen molar-refractivity contribution in [3.05, 3.63) is 23.3 Å². The Hall–Kier alpha value is -2.77. The van der Waals surface area contributed by atoms with E-state index in [0.29, 0.717) is 0 Å². The first-order chi connectivity index (χ1) is 10.5. The molecule has 23 heavy (non-hydrogen) atoms. The molecule has 3 N–H and O–H groups in total. The van der Waals surface area contributed by atoms with Gasteiger partial charge in [-0.1, -0.05) is 0 Å². The van der Waals surface area contributed by atoms with Crippen LogP contribution in [-0.4, -0.2) is 40.5 Å². The summed E-state index contributed by atoms with van der Waals surface area (Å²) in [6.45, 7) is 6.50. The SMILES string of the molecule is CCOC(=O)c1cc(O)cc(NC(=O)OC(C)(C)C)c1C(=O)O. The predicted molar refractivity (Wildman–Crippen MR) is 80.9 cm³/mol. The highest BCUT2D eigenvalue weighted by molar-refractivity contribution is 6.08. The number of amides is 1. The van der Waals surface area contributed by atoms with Crippen molar-refractivity contribution in [2.24, 2.45) is 0 Å². The summed E-state index contributed by atoms with van der Waals surface area (Å²) in [5.41, 5.74) is -1.93. The Morgan fingerprint density at radius 3 is 2.30 bits per heavy atom. The van der Waals surface area contributed by atoms with Gasteiger partial charge in [0.2, 0.25) is 0 Å². The molecule has 0 spiro atoms. The second kappa shape index (κ2) is 6.99. The van der Waals surface area contributed by atoms with Crippen molar-refractivity contribution in [2.45, 2.75) is 33.3 Å². The van der Waals surface area contributed by atoms with Gasteiger partial charge < -0.3 is 19.7 Å². The first-order valence-corrected chi connectivity index (χ1v) is 6.82. The van der Waals surface area contributed by atoms with Crippen molar-refractivity contribution in [3.8, 4) is 5.75 Å². The third-order valence-corrected chi connectivity index (χ3v) is 2.47. The second-order valence-electron chi connectivity index (χ2n) is 5.57. The van der Waals surface area contributed by atoms with Crippen LogP contribution < -0.4 is 5.32 Å². The van der Waals surface area contributed by atoms with Gasteiger partial charge >= 0.3 is 18.0 Å². The number of carboxylic acids is 1. The molecular formula is C15H19NO7. The number of rotatable bonds is 4. The van der Waals surface area contributed by atoms with Gasteiger partial charge in [-0.15, -0.1) is 0 Å². The molecular weight excluding hydrogens is 306 g/mol. The number of esters is 1. The third-order valence-electron chi connectivity index (χ3n) is 2.47. The van der Waals surface area contributed by atoms with Crippen LogP contribution in [0.4, 0.5) is 10.5 Å². The molecule has 1 amide bonds. The van der Waals surface area contributed by atoms with Crippen LogP contribution in [0.15, 0.2) is 12.1 Å². The van der Waals surface area contributed by atoms with E-state index in [2.05, 4.69) is 5.32 Å². The van der Waals surface area contributed by atoms with E-state index in [0.717, 1.165) is 12.1 Å². The number of ether oxygens (including phenoxy) is 2. The van der Waals surface area contributed by atoms with Crippen molar-refractivity contribution in [2.75, 3.05) is 11.9 Å². The minimum Gasteiger partial charge on any atom is -0.508 e. The lowest BCUT2D eigenvalue weighted by Gasteiger charge is -2.20. The maximum atomic E-state index is 11.8. The number of carbonyl (C=O) groups excluding carboxylic acids is 2. The van der Waals surface area contributed by atoms with Gasteiger partial charge in [0.15, 0.2) is 0 Å². The van der Waals surface area contributed by atoms with E-state index in [9.17, 15) is 24.6 Å². The summed E-state index contributed by atoms with van der Waals surface area (Å²) in [5.74, 6) is -2.78. The molecule has 0 fully saturated rings. The number of aromatic carboxylic acids is 1. The number of aromatic hydroxyl groups is 1. The Morgan fingerprint density at radius 2 is 1.83 bits per heavy atom. The van der Waals surface area contributed by atoms with Crippen LogP contribution in [0, 0.1) is 0 Å².